The minimum atomic E-state index is -0.918. The predicted molar refractivity (Wildman–Crippen MR) is 83.2 cm³/mol. The fourth-order valence-corrected chi connectivity index (χ4v) is 2.73. The highest BCUT2D eigenvalue weighted by atomic mass is 16.4. The van der Waals surface area contributed by atoms with Gasteiger partial charge in [0.1, 0.15) is 6.04 Å². The number of carbonyl (C=O) groups excluding carboxylic acids is 1. The van der Waals surface area contributed by atoms with Crippen LogP contribution in [0.15, 0.2) is 0 Å². The third-order valence-corrected chi connectivity index (χ3v) is 4.80. The summed E-state index contributed by atoms with van der Waals surface area (Å²) in [7, 11) is 0. The zero-order chi connectivity index (χ0) is 16.4. The Morgan fingerprint density at radius 3 is 2.43 bits per heavy atom. The standard InChI is InChI=1S/C16H30N2O3/c1-11(15(2,3)4)10-17-14(21)18-9-7-8-16(5,6)12(18)13(19)20/h11-12H,7-10H2,1-6H3,(H,17,21)(H,19,20). The van der Waals surface area contributed by atoms with Gasteiger partial charge in [0.05, 0.1) is 0 Å². The Morgan fingerprint density at radius 2 is 1.95 bits per heavy atom. The minimum Gasteiger partial charge on any atom is -0.480 e. The Morgan fingerprint density at radius 1 is 1.38 bits per heavy atom. The molecule has 1 heterocycles. The Kier molecular flexibility index (Phi) is 5.29. The van der Waals surface area contributed by atoms with E-state index in [-0.39, 0.29) is 11.4 Å². The molecule has 1 aliphatic heterocycles. The number of carbonyl (C=O) groups is 2. The second-order valence-electron chi connectivity index (χ2n) is 7.98. The number of rotatable bonds is 3. The number of likely N-dealkylation sites (tertiary alicyclic amines) is 1. The number of aliphatic carboxylic acids is 1. The van der Waals surface area contributed by atoms with E-state index in [0.29, 0.717) is 19.0 Å². The van der Waals surface area contributed by atoms with Gasteiger partial charge < -0.3 is 15.3 Å². The fourth-order valence-electron chi connectivity index (χ4n) is 2.73. The van der Waals surface area contributed by atoms with Gasteiger partial charge in [-0.25, -0.2) is 9.59 Å². The van der Waals surface area contributed by atoms with Crippen molar-refractivity contribution in [2.24, 2.45) is 16.7 Å². The summed E-state index contributed by atoms with van der Waals surface area (Å²) in [5, 5.41) is 12.4. The highest BCUT2D eigenvalue weighted by molar-refractivity contribution is 5.83. The van der Waals surface area contributed by atoms with E-state index in [1.54, 1.807) is 0 Å². The van der Waals surface area contributed by atoms with Crippen LogP contribution in [0.1, 0.15) is 54.4 Å². The zero-order valence-corrected chi connectivity index (χ0v) is 14.2. The molecule has 5 nitrogen and oxygen atoms in total. The lowest BCUT2D eigenvalue weighted by atomic mass is 9.76. The Hall–Kier alpha value is -1.26. The van der Waals surface area contributed by atoms with Crippen molar-refractivity contribution in [1.29, 1.82) is 0 Å². The molecule has 1 rings (SSSR count). The van der Waals surface area contributed by atoms with Crippen molar-refractivity contribution in [3.8, 4) is 0 Å². The van der Waals surface area contributed by atoms with E-state index in [1.165, 1.54) is 4.90 Å². The molecule has 2 atom stereocenters. The molecule has 2 amide bonds. The average molecular weight is 298 g/mol. The van der Waals surface area contributed by atoms with Gasteiger partial charge in [0.2, 0.25) is 0 Å². The molecule has 1 fully saturated rings. The molecular formula is C16H30N2O3. The summed E-state index contributed by atoms with van der Waals surface area (Å²) in [6.45, 7) is 13.4. The van der Waals surface area contributed by atoms with Gasteiger partial charge in [0, 0.05) is 13.1 Å². The SMILES string of the molecule is CC(CNC(=O)N1CCCC(C)(C)C1C(=O)O)C(C)(C)C. The molecule has 0 saturated carbocycles. The summed E-state index contributed by atoms with van der Waals surface area (Å²) < 4.78 is 0. The van der Waals surface area contributed by atoms with Crippen LogP contribution in [0.4, 0.5) is 4.79 Å². The molecule has 1 aliphatic rings. The van der Waals surface area contributed by atoms with Crippen molar-refractivity contribution >= 4 is 12.0 Å². The first-order valence-corrected chi connectivity index (χ1v) is 7.74. The molecule has 0 spiro atoms. The number of amides is 2. The van der Waals surface area contributed by atoms with Gasteiger partial charge in [-0.3, -0.25) is 0 Å². The molecule has 0 aliphatic carbocycles. The molecule has 0 aromatic rings. The van der Waals surface area contributed by atoms with Crippen LogP contribution in [-0.4, -0.2) is 41.1 Å². The number of hydrogen-bond donors (Lipinski definition) is 2. The van der Waals surface area contributed by atoms with Gasteiger partial charge in [0.15, 0.2) is 0 Å². The van der Waals surface area contributed by atoms with Crippen LogP contribution in [0.2, 0.25) is 0 Å². The average Bonchev–Trinajstić information content (AvgIpc) is 2.32. The Bertz CT molecular complexity index is 399. The quantitative estimate of drug-likeness (QED) is 0.841. The topological polar surface area (TPSA) is 69.6 Å². The molecule has 0 aromatic heterocycles. The minimum absolute atomic E-state index is 0.112. The zero-order valence-electron chi connectivity index (χ0n) is 14.2. The van der Waals surface area contributed by atoms with E-state index in [4.69, 9.17) is 0 Å². The predicted octanol–water partition coefficient (Wildman–Crippen LogP) is 2.95. The second-order valence-corrected chi connectivity index (χ2v) is 7.98. The first-order valence-electron chi connectivity index (χ1n) is 7.74. The number of carboxylic acid groups (broad SMARTS) is 1. The molecule has 0 radical (unpaired) electrons. The van der Waals surface area contributed by atoms with Crippen molar-refractivity contribution in [2.45, 2.75) is 60.4 Å². The van der Waals surface area contributed by atoms with Crippen LogP contribution in [0.5, 0.6) is 0 Å². The third-order valence-electron chi connectivity index (χ3n) is 4.80. The summed E-state index contributed by atoms with van der Waals surface area (Å²) in [6, 6.07) is -1.01. The van der Waals surface area contributed by atoms with Gasteiger partial charge in [-0.15, -0.1) is 0 Å². The molecule has 2 N–H and O–H groups in total. The van der Waals surface area contributed by atoms with E-state index in [9.17, 15) is 14.7 Å². The van der Waals surface area contributed by atoms with Crippen molar-refractivity contribution < 1.29 is 14.7 Å². The molecule has 21 heavy (non-hydrogen) atoms. The van der Waals surface area contributed by atoms with Crippen LogP contribution >= 0.6 is 0 Å². The van der Waals surface area contributed by atoms with Gasteiger partial charge in [-0.05, 0) is 29.6 Å². The first-order chi connectivity index (χ1) is 9.47. The van der Waals surface area contributed by atoms with E-state index < -0.39 is 17.4 Å². The van der Waals surface area contributed by atoms with Gasteiger partial charge in [0.25, 0.3) is 0 Å². The van der Waals surface area contributed by atoms with Crippen LogP contribution in [0.3, 0.4) is 0 Å². The van der Waals surface area contributed by atoms with Crippen molar-refractivity contribution in [1.82, 2.24) is 10.2 Å². The van der Waals surface area contributed by atoms with E-state index >= 15 is 0 Å². The summed E-state index contributed by atoms with van der Waals surface area (Å²) in [5.74, 6) is -0.596. The van der Waals surface area contributed by atoms with Crippen molar-refractivity contribution in [3.05, 3.63) is 0 Å². The second kappa shape index (κ2) is 6.24. The van der Waals surface area contributed by atoms with Gasteiger partial charge in [-0.2, -0.15) is 0 Å². The van der Waals surface area contributed by atoms with Crippen LogP contribution < -0.4 is 5.32 Å². The van der Waals surface area contributed by atoms with Crippen molar-refractivity contribution in [3.63, 3.8) is 0 Å². The van der Waals surface area contributed by atoms with Gasteiger partial charge in [-0.1, -0.05) is 41.5 Å². The maximum Gasteiger partial charge on any atom is 0.327 e. The number of nitrogens with zero attached hydrogens (tertiary/aromatic N) is 1. The lowest BCUT2D eigenvalue weighted by Crippen LogP contribution is -2.59. The Labute approximate surface area is 128 Å². The highest BCUT2D eigenvalue weighted by Crippen LogP contribution is 2.35. The summed E-state index contributed by atoms with van der Waals surface area (Å²) >= 11 is 0. The van der Waals surface area contributed by atoms with Crippen LogP contribution in [0, 0.1) is 16.7 Å². The smallest absolute Gasteiger partial charge is 0.327 e. The molecule has 1 saturated heterocycles. The maximum atomic E-state index is 12.4. The maximum absolute atomic E-state index is 12.4. The third kappa shape index (κ3) is 4.35. The Balaban J connectivity index is 2.74. The number of nitrogens with one attached hydrogen (secondary N) is 1. The van der Waals surface area contributed by atoms with E-state index in [1.807, 2.05) is 13.8 Å². The van der Waals surface area contributed by atoms with Crippen LogP contribution in [-0.2, 0) is 4.79 Å². The number of carboxylic acids is 1. The molecule has 0 aromatic carbocycles. The molecule has 122 valence electrons. The normalized spacial score (nSPS) is 23.5. The van der Waals surface area contributed by atoms with Gasteiger partial charge >= 0.3 is 12.0 Å². The van der Waals surface area contributed by atoms with Crippen molar-refractivity contribution in [2.75, 3.05) is 13.1 Å². The summed E-state index contributed by atoms with van der Waals surface area (Å²) in [6.07, 6.45) is 1.67. The molecular weight excluding hydrogens is 268 g/mol. The largest absolute Gasteiger partial charge is 0.480 e. The first kappa shape index (κ1) is 17.8. The van der Waals surface area contributed by atoms with E-state index in [2.05, 4.69) is 33.0 Å². The summed E-state index contributed by atoms with van der Waals surface area (Å²) in [5.41, 5.74) is -0.280. The fraction of sp³-hybridized carbons (Fsp3) is 0.875. The number of piperidine rings is 1. The highest BCUT2D eigenvalue weighted by Gasteiger charge is 2.44. The summed E-state index contributed by atoms with van der Waals surface area (Å²) in [4.78, 5) is 25.4. The number of hydrogen-bond acceptors (Lipinski definition) is 2. The van der Waals surface area contributed by atoms with E-state index in [0.717, 1.165) is 12.8 Å². The monoisotopic (exact) mass is 298 g/mol. The van der Waals surface area contributed by atoms with Crippen LogP contribution in [0.25, 0.3) is 0 Å². The lowest BCUT2D eigenvalue weighted by Gasteiger charge is -2.44. The molecule has 2 unspecified atom stereocenters. The molecule has 5 heteroatoms. The lowest BCUT2D eigenvalue weighted by molar-refractivity contribution is -0.148. The molecule has 0 bridgehead atoms. The number of urea groups is 1.